The zero-order valence-electron chi connectivity index (χ0n) is 12.1. The topological polar surface area (TPSA) is 66.5 Å². The molecule has 8 heteroatoms. The Bertz CT molecular complexity index is 618. The SMILES string of the molecule is CC(C)NC(=O)CCN(c1ccc(F)cc1F)S(C)(=O)=O. The zero-order chi connectivity index (χ0) is 16.2. The summed E-state index contributed by atoms with van der Waals surface area (Å²) >= 11 is 0. The van der Waals surface area contributed by atoms with E-state index in [2.05, 4.69) is 5.32 Å². The van der Waals surface area contributed by atoms with Crippen LogP contribution in [0.3, 0.4) is 0 Å². The largest absolute Gasteiger partial charge is 0.354 e. The van der Waals surface area contributed by atoms with Gasteiger partial charge < -0.3 is 5.32 Å². The zero-order valence-corrected chi connectivity index (χ0v) is 12.9. The number of carbonyl (C=O) groups excluding carboxylic acids is 1. The number of rotatable bonds is 6. The van der Waals surface area contributed by atoms with Crippen LogP contribution in [0.2, 0.25) is 0 Å². The molecule has 0 aliphatic rings. The molecule has 0 bridgehead atoms. The van der Waals surface area contributed by atoms with Crippen molar-refractivity contribution < 1.29 is 22.0 Å². The maximum atomic E-state index is 13.7. The standard InChI is InChI=1S/C13H18F2N2O3S/c1-9(2)16-13(18)6-7-17(21(3,19)20)12-5-4-10(14)8-11(12)15/h4-5,8-9H,6-7H2,1-3H3,(H,16,18). The van der Waals surface area contributed by atoms with Crippen LogP contribution < -0.4 is 9.62 Å². The van der Waals surface area contributed by atoms with Crippen molar-refractivity contribution in [3.05, 3.63) is 29.8 Å². The molecule has 1 amide bonds. The van der Waals surface area contributed by atoms with E-state index in [1.165, 1.54) is 0 Å². The normalized spacial score (nSPS) is 11.5. The van der Waals surface area contributed by atoms with Crippen LogP contribution in [0, 0.1) is 11.6 Å². The monoisotopic (exact) mass is 320 g/mol. The molecule has 1 aromatic carbocycles. The van der Waals surface area contributed by atoms with Gasteiger partial charge in [0, 0.05) is 25.1 Å². The third kappa shape index (κ3) is 5.30. The molecule has 0 heterocycles. The van der Waals surface area contributed by atoms with Crippen LogP contribution in [-0.4, -0.2) is 33.2 Å². The fourth-order valence-electron chi connectivity index (χ4n) is 1.75. The van der Waals surface area contributed by atoms with E-state index in [1.54, 1.807) is 13.8 Å². The lowest BCUT2D eigenvalue weighted by molar-refractivity contribution is -0.121. The molecule has 0 aliphatic heterocycles. The van der Waals surface area contributed by atoms with Gasteiger partial charge >= 0.3 is 0 Å². The Balaban J connectivity index is 2.95. The van der Waals surface area contributed by atoms with E-state index >= 15 is 0 Å². The molecule has 1 rings (SSSR count). The van der Waals surface area contributed by atoms with Gasteiger partial charge in [0.1, 0.15) is 11.6 Å². The van der Waals surface area contributed by atoms with Gasteiger partial charge in [-0.1, -0.05) is 0 Å². The number of nitrogens with zero attached hydrogens (tertiary/aromatic N) is 1. The lowest BCUT2D eigenvalue weighted by atomic mass is 10.2. The first-order valence-electron chi connectivity index (χ1n) is 6.33. The van der Waals surface area contributed by atoms with E-state index in [9.17, 15) is 22.0 Å². The Kier molecular flexibility index (Phi) is 5.65. The van der Waals surface area contributed by atoms with E-state index in [-0.39, 0.29) is 30.6 Å². The van der Waals surface area contributed by atoms with Gasteiger partial charge in [0.25, 0.3) is 0 Å². The Hall–Kier alpha value is -1.70. The summed E-state index contributed by atoms with van der Waals surface area (Å²) in [6, 6.07) is 2.52. The molecular formula is C13H18F2N2O3S. The summed E-state index contributed by atoms with van der Waals surface area (Å²) < 4.78 is 50.8. The smallest absolute Gasteiger partial charge is 0.232 e. The van der Waals surface area contributed by atoms with Gasteiger partial charge in [0.15, 0.2) is 0 Å². The predicted molar refractivity (Wildman–Crippen MR) is 76.4 cm³/mol. The summed E-state index contributed by atoms with van der Waals surface area (Å²) in [7, 11) is -3.79. The number of amides is 1. The Morgan fingerprint density at radius 3 is 2.43 bits per heavy atom. The number of anilines is 1. The van der Waals surface area contributed by atoms with Crippen molar-refractivity contribution in [1.82, 2.24) is 5.32 Å². The van der Waals surface area contributed by atoms with Crippen molar-refractivity contribution in [1.29, 1.82) is 0 Å². The van der Waals surface area contributed by atoms with Crippen LogP contribution in [0.25, 0.3) is 0 Å². The first-order chi connectivity index (χ1) is 9.61. The summed E-state index contributed by atoms with van der Waals surface area (Å²) in [6.07, 6.45) is 0.776. The van der Waals surface area contributed by atoms with Crippen LogP contribution in [-0.2, 0) is 14.8 Å². The Labute approximate surface area is 123 Å². The number of hydrogen-bond donors (Lipinski definition) is 1. The maximum absolute atomic E-state index is 13.7. The minimum Gasteiger partial charge on any atom is -0.354 e. The molecule has 0 spiro atoms. The number of hydrogen-bond acceptors (Lipinski definition) is 3. The lowest BCUT2D eigenvalue weighted by Crippen LogP contribution is -2.37. The van der Waals surface area contributed by atoms with Crippen molar-refractivity contribution in [3.63, 3.8) is 0 Å². The van der Waals surface area contributed by atoms with Crippen molar-refractivity contribution in [2.75, 3.05) is 17.1 Å². The molecule has 5 nitrogen and oxygen atoms in total. The first kappa shape index (κ1) is 17.4. The average molecular weight is 320 g/mol. The van der Waals surface area contributed by atoms with Crippen molar-refractivity contribution >= 4 is 21.6 Å². The molecule has 21 heavy (non-hydrogen) atoms. The molecule has 1 N–H and O–H groups in total. The molecule has 0 saturated heterocycles. The highest BCUT2D eigenvalue weighted by Crippen LogP contribution is 2.22. The predicted octanol–water partition coefficient (Wildman–Crippen LogP) is 1.65. The van der Waals surface area contributed by atoms with Gasteiger partial charge in [-0.3, -0.25) is 9.10 Å². The van der Waals surface area contributed by atoms with Crippen molar-refractivity contribution in [2.24, 2.45) is 0 Å². The molecule has 118 valence electrons. The van der Waals surface area contributed by atoms with Gasteiger partial charge in [-0.05, 0) is 26.0 Å². The van der Waals surface area contributed by atoms with Gasteiger partial charge in [0.2, 0.25) is 15.9 Å². The summed E-state index contributed by atoms with van der Waals surface area (Å²) in [6.45, 7) is 3.32. The molecular weight excluding hydrogens is 302 g/mol. The molecule has 0 unspecified atom stereocenters. The second-order valence-corrected chi connectivity index (χ2v) is 6.81. The minimum absolute atomic E-state index is 0.0771. The second kappa shape index (κ2) is 6.84. The van der Waals surface area contributed by atoms with Gasteiger partial charge in [0.05, 0.1) is 11.9 Å². The highest BCUT2D eigenvalue weighted by Gasteiger charge is 2.22. The van der Waals surface area contributed by atoms with Crippen molar-refractivity contribution in [2.45, 2.75) is 26.3 Å². The highest BCUT2D eigenvalue weighted by molar-refractivity contribution is 7.92. The Morgan fingerprint density at radius 1 is 1.33 bits per heavy atom. The summed E-state index contributed by atoms with van der Waals surface area (Å²) in [5.74, 6) is -2.15. The first-order valence-corrected chi connectivity index (χ1v) is 8.18. The van der Waals surface area contributed by atoms with E-state index in [0.29, 0.717) is 6.07 Å². The average Bonchev–Trinajstić information content (AvgIpc) is 2.29. The third-order valence-electron chi connectivity index (χ3n) is 2.57. The third-order valence-corrected chi connectivity index (χ3v) is 3.75. The molecule has 1 aromatic rings. The molecule has 0 aliphatic carbocycles. The molecule has 0 saturated carbocycles. The van der Waals surface area contributed by atoms with E-state index in [0.717, 1.165) is 22.7 Å². The summed E-state index contributed by atoms with van der Waals surface area (Å²) in [5.41, 5.74) is -0.281. The van der Waals surface area contributed by atoms with Gasteiger partial charge in [-0.2, -0.15) is 0 Å². The van der Waals surface area contributed by atoms with E-state index in [1.807, 2.05) is 0 Å². The number of halogens is 2. The molecule has 0 atom stereocenters. The summed E-state index contributed by atoms with van der Waals surface area (Å²) in [5, 5.41) is 2.61. The fraction of sp³-hybridized carbons (Fsp3) is 0.462. The van der Waals surface area contributed by atoms with E-state index in [4.69, 9.17) is 0 Å². The summed E-state index contributed by atoms with van der Waals surface area (Å²) in [4.78, 5) is 11.6. The number of benzene rings is 1. The Morgan fingerprint density at radius 2 is 1.95 bits per heavy atom. The number of sulfonamides is 1. The van der Waals surface area contributed by atoms with Crippen LogP contribution in [0.5, 0.6) is 0 Å². The maximum Gasteiger partial charge on any atom is 0.232 e. The van der Waals surface area contributed by atoms with E-state index < -0.39 is 21.7 Å². The van der Waals surface area contributed by atoms with Gasteiger partial charge in [-0.15, -0.1) is 0 Å². The van der Waals surface area contributed by atoms with Crippen LogP contribution in [0.4, 0.5) is 14.5 Å². The fourth-order valence-corrected chi connectivity index (χ4v) is 2.67. The molecule has 0 radical (unpaired) electrons. The quantitative estimate of drug-likeness (QED) is 0.866. The molecule has 0 aromatic heterocycles. The lowest BCUT2D eigenvalue weighted by Gasteiger charge is -2.22. The van der Waals surface area contributed by atoms with Crippen LogP contribution in [0.1, 0.15) is 20.3 Å². The number of nitrogens with one attached hydrogen (secondary N) is 1. The van der Waals surface area contributed by atoms with Crippen molar-refractivity contribution in [3.8, 4) is 0 Å². The van der Waals surface area contributed by atoms with Crippen LogP contribution in [0.15, 0.2) is 18.2 Å². The highest BCUT2D eigenvalue weighted by atomic mass is 32.2. The number of carbonyl (C=O) groups is 1. The second-order valence-electron chi connectivity index (χ2n) is 4.90. The minimum atomic E-state index is -3.79. The van der Waals surface area contributed by atoms with Gasteiger partial charge in [-0.25, -0.2) is 17.2 Å². The van der Waals surface area contributed by atoms with Crippen LogP contribution >= 0.6 is 0 Å². The molecule has 0 fully saturated rings.